The normalized spacial score (nSPS) is 19.0. The molecule has 4 nitrogen and oxygen atoms in total. The Hall–Kier alpha value is -1.49. The summed E-state index contributed by atoms with van der Waals surface area (Å²) in [6, 6.07) is 10.8. The third kappa shape index (κ3) is 2.93. The second kappa shape index (κ2) is 6.52. The predicted octanol–water partition coefficient (Wildman–Crippen LogP) is 1.87. The number of pyridine rings is 1. The van der Waals surface area contributed by atoms with Gasteiger partial charge in [0.25, 0.3) is 0 Å². The summed E-state index contributed by atoms with van der Waals surface area (Å²) in [6.45, 7) is 8.43. The van der Waals surface area contributed by atoms with E-state index < -0.39 is 0 Å². The number of piperazine rings is 1. The maximum absolute atomic E-state index is 6.11. The van der Waals surface area contributed by atoms with Crippen molar-refractivity contribution in [3.05, 3.63) is 42.1 Å². The van der Waals surface area contributed by atoms with Crippen molar-refractivity contribution in [2.75, 3.05) is 39.3 Å². The van der Waals surface area contributed by atoms with Gasteiger partial charge < -0.3 is 10.6 Å². The van der Waals surface area contributed by atoms with E-state index in [1.54, 1.807) is 0 Å². The number of likely N-dealkylation sites (N-methyl/N-ethyl adjacent to an activating group) is 1. The quantitative estimate of drug-likeness (QED) is 0.931. The molecule has 1 aromatic heterocycles. The lowest BCUT2D eigenvalue weighted by atomic mass is 10.0. The standard InChI is InChI=1S/C17H24N4/c1-2-20-9-11-21(12-10-20)16(13-18)15-7-3-5-14-6-4-8-19-17(14)15/h3-8,16H,2,9-13,18H2,1H3. The fourth-order valence-electron chi connectivity index (χ4n) is 3.26. The first-order valence-electron chi connectivity index (χ1n) is 7.83. The summed E-state index contributed by atoms with van der Waals surface area (Å²) in [6.07, 6.45) is 1.87. The number of hydrogen-bond donors (Lipinski definition) is 1. The minimum Gasteiger partial charge on any atom is -0.329 e. The highest BCUT2D eigenvalue weighted by Gasteiger charge is 2.24. The van der Waals surface area contributed by atoms with Gasteiger partial charge in [0.2, 0.25) is 0 Å². The summed E-state index contributed by atoms with van der Waals surface area (Å²) in [4.78, 5) is 9.58. The van der Waals surface area contributed by atoms with Gasteiger partial charge in [0.15, 0.2) is 0 Å². The van der Waals surface area contributed by atoms with E-state index in [2.05, 4.69) is 46.0 Å². The van der Waals surface area contributed by atoms with Crippen LogP contribution in [-0.4, -0.2) is 54.1 Å². The highest BCUT2D eigenvalue weighted by Crippen LogP contribution is 2.27. The molecule has 1 fully saturated rings. The summed E-state index contributed by atoms with van der Waals surface area (Å²) < 4.78 is 0. The van der Waals surface area contributed by atoms with E-state index >= 15 is 0 Å². The molecule has 1 aromatic carbocycles. The average molecular weight is 284 g/mol. The molecule has 112 valence electrons. The molecule has 1 unspecified atom stereocenters. The molecule has 1 atom stereocenters. The number of fused-ring (bicyclic) bond motifs is 1. The average Bonchev–Trinajstić information content (AvgIpc) is 2.56. The van der Waals surface area contributed by atoms with Crippen molar-refractivity contribution in [2.45, 2.75) is 13.0 Å². The minimum absolute atomic E-state index is 0.266. The molecule has 0 aliphatic carbocycles. The van der Waals surface area contributed by atoms with Crippen LogP contribution in [0.2, 0.25) is 0 Å². The Labute approximate surface area is 126 Å². The van der Waals surface area contributed by atoms with Gasteiger partial charge in [-0.2, -0.15) is 0 Å². The molecule has 4 heteroatoms. The van der Waals surface area contributed by atoms with Crippen molar-refractivity contribution >= 4 is 10.9 Å². The lowest BCUT2D eigenvalue weighted by Crippen LogP contribution is -2.48. The van der Waals surface area contributed by atoms with Gasteiger partial charge in [0, 0.05) is 50.3 Å². The number of nitrogens with zero attached hydrogens (tertiary/aromatic N) is 3. The largest absolute Gasteiger partial charge is 0.329 e. The van der Waals surface area contributed by atoms with Crippen LogP contribution in [0.5, 0.6) is 0 Å². The summed E-state index contributed by atoms with van der Waals surface area (Å²) in [7, 11) is 0. The van der Waals surface area contributed by atoms with Crippen LogP contribution < -0.4 is 5.73 Å². The number of aromatic nitrogens is 1. The van der Waals surface area contributed by atoms with Gasteiger partial charge >= 0.3 is 0 Å². The lowest BCUT2D eigenvalue weighted by molar-refractivity contribution is 0.102. The molecule has 1 aliphatic rings. The summed E-state index contributed by atoms with van der Waals surface area (Å²) in [5.41, 5.74) is 8.47. The Morgan fingerprint density at radius 2 is 1.90 bits per heavy atom. The lowest BCUT2D eigenvalue weighted by Gasteiger charge is -2.38. The van der Waals surface area contributed by atoms with Gasteiger partial charge in [-0.05, 0) is 18.2 Å². The van der Waals surface area contributed by atoms with Crippen LogP contribution >= 0.6 is 0 Å². The number of benzene rings is 1. The van der Waals surface area contributed by atoms with Gasteiger partial charge in [-0.1, -0.05) is 31.2 Å². The Morgan fingerprint density at radius 1 is 1.14 bits per heavy atom. The number of rotatable bonds is 4. The van der Waals surface area contributed by atoms with Crippen molar-refractivity contribution in [3.8, 4) is 0 Å². The monoisotopic (exact) mass is 284 g/mol. The molecule has 0 amide bonds. The second-order valence-corrected chi connectivity index (χ2v) is 5.64. The van der Waals surface area contributed by atoms with E-state index in [1.807, 2.05) is 12.3 Å². The van der Waals surface area contributed by atoms with E-state index in [0.29, 0.717) is 6.54 Å². The predicted molar refractivity (Wildman–Crippen MR) is 87.2 cm³/mol. The SMILES string of the molecule is CCN1CCN(C(CN)c2cccc3cccnc23)CC1. The molecular formula is C17H24N4. The third-order valence-electron chi connectivity index (χ3n) is 4.54. The first-order valence-corrected chi connectivity index (χ1v) is 7.83. The fourth-order valence-corrected chi connectivity index (χ4v) is 3.26. The summed E-state index contributed by atoms with van der Waals surface area (Å²) in [5.74, 6) is 0. The smallest absolute Gasteiger partial charge is 0.0750 e. The Balaban J connectivity index is 1.88. The Morgan fingerprint density at radius 3 is 2.62 bits per heavy atom. The molecule has 1 aliphatic heterocycles. The zero-order chi connectivity index (χ0) is 14.7. The van der Waals surface area contributed by atoms with Crippen LogP contribution in [0.25, 0.3) is 10.9 Å². The zero-order valence-electron chi connectivity index (χ0n) is 12.7. The molecule has 2 N–H and O–H groups in total. The maximum atomic E-state index is 6.11. The molecule has 2 aromatic rings. The maximum Gasteiger partial charge on any atom is 0.0750 e. The Bertz CT molecular complexity index is 585. The van der Waals surface area contributed by atoms with Gasteiger partial charge in [-0.25, -0.2) is 0 Å². The van der Waals surface area contributed by atoms with Crippen molar-refractivity contribution in [1.29, 1.82) is 0 Å². The van der Waals surface area contributed by atoms with Gasteiger partial charge in [0.05, 0.1) is 5.52 Å². The van der Waals surface area contributed by atoms with Crippen molar-refractivity contribution < 1.29 is 0 Å². The van der Waals surface area contributed by atoms with Crippen molar-refractivity contribution in [1.82, 2.24) is 14.8 Å². The van der Waals surface area contributed by atoms with Gasteiger partial charge in [-0.15, -0.1) is 0 Å². The molecule has 3 rings (SSSR count). The van der Waals surface area contributed by atoms with E-state index in [1.165, 1.54) is 10.9 Å². The van der Waals surface area contributed by atoms with Crippen molar-refractivity contribution in [3.63, 3.8) is 0 Å². The first-order chi connectivity index (χ1) is 10.3. The summed E-state index contributed by atoms with van der Waals surface area (Å²) >= 11 is 0. The first kappa shape index (κ1) is 14.4. The highest BCUT2D eigenvalue weighted by molar-refractivity contribution is 5.82. The topological polar surface area (TPSA) is 45.4 Å². The molecule has 0 spiro atoms. The number of nitrogens with two attached hydrogens (primary N) is 1. The third-order valence-corrected chi connectivity index (χ3v) is 4.54. The van der Waals surface area contributed by atoms with Crippen LogP contribution in [0.1, 0.15) is 18.5 Å². The molecule has 0 saturated carbocycles. The summed E-state index contributed by atoms with van der Waals surface area (Å²) in [5, 5.41) is 1.20. The van der Waals surface area contributed by atoms with Crippen LogP contribution in [0, 0.1) is 0 Å². The molecule has 2 heterocycles. The molecule has 0 bridgehead atoms. The second-order valence-electron chi connectivity index (χ2n) is 5.64. The van der Waals surface area contributed by atoms with E-state index in [0.717, 1.165) is 38.2 Å². The minimum atomic E-state index is 0.266. The molecular weight excluding hydrogens is 260 g/mol. The fraction of sp³-hybridized carbons (Fsp3) is 0.471. The Kier molecular flexibility index (Phi) is 4.48. The number of hydrogen-bond acceptors (Lipinski definition) is 4. The van der Waals surface area contributed by atoms with E-state index in [-0.39, 0.29) is 6.04 Å². The van der Waals surface area contributed by atoms with Crippen molar-refractivity contribution in [2.24, 2.45) is 5.73 Å². The van der Waals surface area contributed by atoms with Gasteiger partial charge in [-0.3, -0.25) is 9.88 Å². The van der Waals surface area contributed by atoms with Crippen LogP contribution in [-0.2, 0) is 0 Å². The highest BCUT2D eigenvalue weighted by atomic mass is 15.3. The molecule has 1 saturated heterocycles. The number of para-hydroxylation sites is 1. The van der Waals surface area contributed by atoms with E-state index in [4.69, 9.17) is 5.73 Å². The van der Waals surface area contributed by atoms with Crippen LogP contribution in [0.4, 0.5) is 0 Å². The molecule has 21 heavy (non-hydrogen) atoms. The molecule has 0 radical (unpaired) electrons. The van der Waals surface area contributed by atoms with Gasteiger partial charge in [0.1, 0.15) is 0 Å². The van der Waals surface area contributed by atoms with E-state index in [9.17, 15) is 0 Å². The van der Waals surface area contributed by atoms with Crippen LogP contribution in [0.3, 0.4) is 0 Å². The zero-order valence-corrected chi connectivity index (χ0v) is 12.7. The van der Waals surface area contributed by atoms with Crippen LogP contribution in [0.15, 0.2) is 36.5 Å².